The number of halogens is 1. The number of nitrogen functional groups attached to an aromatic ring is 1. The molecule has 0 spiro atoms. The van der Waals surface area contributed by atoms with Crippen molar-refractivity contribution in [2.45, 2.75) is 4.90 Å². The van der Waals surface area contributed by atoms with Crippen LogP contribution in [0.15, 0.2) is 23.1 Å². The highest BCUT2D eigenvalue weighted by Gasteiger charge is 2.36. The largest absolute Gasteiger partial charge is 0.396 e. The lowest BCUT2D eigenvalue weighted by Crippen LogP contribution is -2.51. The van der Waals surface area contributed by atoms with Crippen LogP contribution >= 0.6 is 0 Å². The summed E-state index contributed by atoms with van der Waals surface area (Å²) >= 11 is 0. The molecule has 2 rings (SSSR count). The van der Waals surface area contributed by atoms with Crippen molar-refractivity contribution in [1.29, 1.82) is 0 Å². The van der Waals surface area contributed by atoms with Gasteiger partial charge in [-0.15, -0.1) is 0 Å². The zero-order valence-electron chi connectivity index (χ0n) is 9.01. The third kappa shape index (κ3) is 2.13. The molecular formula is C10H13FN2O3S. The summed E-state index contributed by atoms with van der Waals surface area (Å²) in [5, 5.41) is 8.83. The van der Waals surface area contributed by atoms with E-state index in [2.05, 4.69) is 0 Å². The summed E-state index contributed by atoms with van der Waals surface area (Å²) < 4.78 is 38.2. The van der Waals surface area contributed by atoms with E-state index in [9.17, 15) is 12.8 Å². The van der Waals surface area contributed by atoms with E-state index in [1.54, 1.807) is 0 Å². The minimum atomic E-state index is -3.61. The fraction of sp³-hybridized carbons (Fsp3) is 0.400. The van der Waals surface area contributed by atoms with Gasteiger partial charge in [-0.25, -0.2) is 12.8 Å². The van der Waals surface area contributed by atoms with Gasteiger partial charge in [0.15, 0.2) is 0 Å². The quantitative estimate of drug-likeness (QED) is 0.750. The SMILES string of the molecule is Nc1cc(S(=O)(=O)N2CC(CO)C2)ccc1F. The summed E-state index contributed by atoms with van der Waals surface area (Å²) in [6.45, 7) is 0.545. The number of benzene rings is 1. The second-order valence-electron chi connectivity index (χ2n) is 4.05. The third-order valence-corrected chi connectivity index (χ3v) is 4.61. The first-order chi connectivity index (χ1) is 7.95. The van der Waals surface area contributed by atoms with Gasteiger partial charge in [0.25, 0.3) is 0 Å². The highest BCUT2D eigenvalue weighted by atomic mass is 32.2. The predicted octanol–water partition coefficient (Wildman–Crippen LogP) is 0.0207. The van der Waals surface area contributed by atoms with Gasteiger partial charge in [0, 0.05) is 25.6 Å². The second kappa shape index (κ2) is 4.25. The third-order valence-electron chi connectivity index (χ3n) is 2.79. The Labute approximate surface area is 98.7 Å². The molecule has 1 aromatic carbocycles. The maximum Gasteiger partial charge on any atom is 0.243 e. The molecule has 7 heteroatoms. The molecule has 0 atom stereocenters. The van der Waals surface area contributed by atoms with Gasteiger partial charge < -0.3 is 10.8 Å². The first-order valence-corrected chi connectivity index (χ1v) is 6.55. The van der Waals surface area contributed by atoms with Gasteiger partial charge in [-0.3, -0.25) is 0 Å². The number of anilines is 1. The minimum Gasteiger partial charge on any atom is -0.396 e. The lowest BCUT2D eigenvalue weighted by atomic mass is 10.1. The molecule has 0 saturated carbocycles. The zero-order chi connectivity index (χ0) is 12.6. The van der Waals surface area contributed by atoms with E-state index in [1.165, 1.54) is 10.4 Å². The van der Waals surface area contributed by atoms with Gasteiger partial charge in [-0.05, 0) is 18.2 Å². The van der Waals surface area contributed by atoms with Gasteiger partial charge >= 0.3 is 0 Å². The molecule has 94 valence electrons. The molecule has 0 aromatic heterocycles. The van der Waals surface area contributed by atoms with Crippen molar-refractivity contribution in [2.24, 2.45) is 5.92 Å². The predicted molar refractivity (Wildman–Crippen MR) is 60.1 cm³/mol. The lowest BCUT2D eigenvalue weighted by Gasteiger charge is -2.36. The van der Waals surface area contributed by atoms with Gasteiger partial charge in [0.05, 0.1) is 10.6 Å². The van der Waals surface area contributed by atoms with E-state index in [0.717, 1.165) is 12.1 Å². The molecule has 1 aliphatic rings. The highest BCUT2D eigenvalue weighted by molar-refractivity contribution is 7.89. The number of sulfonamides is 1. The Morgan fingerprint density at radius 1 is 1.47 bits per heavy atom. The van der Waals surface area contributed by atoms with Crippen LogP contribution in [0.5, 0.6) is 0 Å². The van der Waals surface area contributed by atoms with Crippen LogP contribution in [-0.4, -0.2) is 37.5 Å². The van der Waals surface area contributed by atoms with Crippen molar-refractivity contribution in [3.63, 3.8) is 0 Å². The van der Waals surface area contributed by atoms with Crippen LogP contribution in [0.3, 0.4) is 0 Å². The Bertz CT molecular complexity index is 526. The molecule has 1 aromatic rings. The summed E-state index contributed by atoms with van der Waals surface area (Å²) in [5.74, 6) is -0.650. The van der Waals surface area contributed by atoms with Crippen molar-refractivity contribution in [2.75, 3.05) is 25.4 Å². The molecule has 0 amide bonds. The molecule has 17 heavy (non-hydrogen) atoms. The average Bonchev–Trinajstić information content (AvgIpc) is 2.20. The summed E-state index contributed by atoms with van der Waals surface area (Å²) in [7, 11) is -3.61. The van der Waals surface area contributed by atoms with Crippen LogP contribution in [0.4, 0.5) is 10.1 Å². The molecule has 0 radical (unpaired) electrons. The summed E-state index contributed by atoms with van der Waals surface area (Å²) in [6.07, 6.45) is 0. The van der Waals surface area contributed by atoms with Crippen molar-refractivity contribution < 1.29 is 17.9 Å². The van der Waals surface area contributed by atoms with Crippen LogP contribution in [0.2, 0.25) is 0 Å². The number of hydrogen-bond acceptors (Lipinski definition) is 4. The van der Waals surface area contributed by atoms with Crippen LogP contribution in [0, 0.1) is 11.7 Å². The second-order valence-corrected chi connectivity index (χ2v) is 5.99. The molecule has 0 bridgehead atoms. The molecule has 0 aliphatic carbocycles. The number of aliphatic hydroxyl groups excluding tert-OH is 1. The van der Waals surface area contributed by atoms with Crippen molar-refractivity contribution >= 4 is 15.7 Å². The Hall–Kier alpha value is -1.18. The molecule has 5 nitrogen and oxygen atoms in total. The molecule has 1 heterocycles. The van der Waals surface area contributed by atoms with Crippen molar-refractivity contribution in [3.05, 3.63) is 24.0 Å². The smallest absolute Gasteiger partial charge is 0.243 e. The first kappa shape index (κ1) is 12.3. The molecular weight excluding hydrogens is 247 g/mol. The Morgan fingerprint density at radius 2 is 2.12 bits per heavy atom. The maximum absolute atomic E-state index is 12.9. The van der Waals surface area contributed by atoms with E-state index < -0.39 is 15.8 Å². The summed E-state index contributed by atoms with van der Waals surface area (Å²) in [4.78, 5) is -0.0206. The Balaban J connectivity index is 2.24. The Morgan fingerprint density at radius 3 is 2.65 bits per heavy atom. The van der Waals surface area contributed by atoms with Gasteiger partial charge in [0.1, 0.15) is 5.82 Å². The standard InChI is InChI=1S/C10H13FN2O3S/c11-9-2-1-8(3-10(9)12)17(15,16)13-4-7(5-13)6-14/h1-3,7,14H,4-6,12H2. The van der Waals surface area contributed by atoms with Crippen LogP contribution < -0.4 is 5.73 Å². The van der Waals surface area contributed by atoms with E-state index in [1.807, 2.05) is 0 Å². The summed E-state index contributed by atoms with van der Waals surface area (Å²) in [6, 6.07) is 3.33. The van der Waals surface area contributed by atoms with Crippen LogP contribution in [0.25, 0.3) is 0 Å². The van der Waals surface area contributed by atoms with E-state index in [-0.39, 0.29) is 36.2 Å². The number of hydrogen-bond donors (Lipinski definition) is 2. The average molecular weight is 260 g/mol. The highest BCUT2D eigenvalue weighted by Crippen LogP contribution is 2.26. The number of nitrogens with two attached hydrogens (primary N) is 1. The zero-order valence-corrected chi connectivity index (χ0v) is 9.82. The molecule has 0 unspecified atom stereocenters. The normalized spacial score (nSPS) is 18.0. The van der Waals surface area contributed by atoms with Gasteiger partial charge in [0.2, 0.25) is 10.0 Å². The monoisotopic (exact) mass is 260 g/mol. The fourth-order valence-electron chi connectivity index (χ4n) is 1.67. The summed E-state index contributed by atoms with van der Waals surface area (Å²) in [5.41, 5.74) is 5.14. The topological polar surface area (TPSA) is 83.6 Å². The van der Waals surface area contributed by atoms with Crippen molar-refractivity contribution in [3.8, 4) is 0 Å². The van der Waals surface area contributed by atoms with E-state index >= 15 is 0 Å². The maximum atomic E-state index is 12.9. The number of aliphatic hydroxyl groups is 1. The number of nitrogens with zero attached hydrogens (tertiary/aromatic N) is 1. The van der Waals surface area contributed by atoms with E-state index in [0.29, 0.717) is 0 Å². The van der Waals surface area contributed by atoms with E-state index in [4.69, 9.17) is 10.8 Å². The number of rotatable bonds is 3. The minimum absolute atomic E-state index is 0.0115. The molecule has 1 fully saturated rings. The Kier molecular flexibility index (Phi) is 3.07. The molecule has 3 N–H and O–H groups in total. The molecule has 1 aliphatic heterocycles. The first-order valence-electron chi connectivity index (χ1n) is 5.11. The van der Waals surface area contributed by atoms with Crippen molar-refractivity contribution in [1.82, 2.24) is 4.31 Å². The van der Waals surface area contributed by atoms with Crippen LogP contribution in [-0.2, 0) is 10.0 Å². The molecule has 1 saturated heterocycles. The fourth-order valence-corrected chi connectivity index (χ4v) is 3.29. The van der Waals surface area contributed by atoms with Gasteiger partial charge in [-0.2, -0.15) is 4.31 Å². The van der Waals surface area contributed by atoms with Crippen LogP contribution in [0.1, 0.15) is 0 Å². The lowest BCUT2D eigenvalue weighted by molar-refractivity contribution is 0.117. The van der Waals surface area contributed by atoms with Gasteiger partial charge in [-0.1, -0.05) is 0 Å².